The van der Waals surface area contributed by atoms with Crippen molar-refractivity contribution in [3.8, 4) is 11.5 Å². The van der Waals surface area contributed by atoms with Crippen molar-refractivity contribution in [3.05, 3.63) is 60.0 Å². The van der Waals surface area contributed by atoms with Crippen molar-refractivity contribution in [1.29, 1.82) is 0 Å². The van der Waals surface area contributed by atoms with E-state index in [1.807, 2.05) is 24.3 Å². The predicted octanol–water partition coefficient (Wildman–Crippen LogP) is 4.54. The number of anilines is 1. The number of ether oxygens (including phenoxy) is 2. The molecule has 0 aliphatic carbocycles. The second-order valence-corrected chi connectivity index (χ2v) is 6.91. The Kier molecular flexibility index (Phi) is 7.61. The lowest BCUT2D eigenvalue weighted by atomic mass is 10.2. The van der Waals surface area contributed by atoms with Gasteiger partial charge in [-0.05, 0) is 48.4 Å². The topological polar surface area (TPSA) is 86.5 Å². The van der Waals surface area contributed by atoms with Crippen LogP contribution in [0.15, 0.2) is 58.2 Å². The van der Waals surface area contributed by atoms with Crippen LogP contribution >= 0.6 is 11.8 Å². The van der Waals surface area contributed by atoms with Crippen molar-refractivity contribution in [3.63, 3.8) is 0 Å². The van der Waals surface area contributed by atoms with Crippen LogP contribution in [0.2, 0.25) is 0 Å². The number of benzene rings is 2. The number of hydrogen-bond acceptors (Lipinski definition) is 7. The van der Waals surface area contributed by atoms with E-state index in [4.69, 9.17) is 9.15 Å². The fourth-order valence-electron chi connectivity index (χ4n) is 2.37. The SMILES string of the molecule is CCc1ccc(OCc2nnc(SCC(=O)Nc3ccc(OC(F)F)cc3)o2)cc1. The molecule has 30 heavy (non-hydrogen) atoms. The molecule has 10 heteroatoms. The summed E-state index contributed by atoms with van der Waals surface area (Å²) in [7, 11) is 0. The summed E-state index contributed by atoms with van der Waals surface area (Å²) in [5.74, 6) is 0.737. The summed E-state index contributed by atoms with van der Waals surface area (Å²) < 4.78 is 39.6. The smallest absolute Gasteiger partial charge is 0.387 e. The Morgan fingerprint density at radius 3 is 2.47 bits per heavy atom. The number of nitrogens with zero attached hydrogens (tertiary/aromatic N) is 2. The summed E-state index contributed by atoms with van der Waals surface area (Å²) in [6.45, 7) is -0.693. The van der Waals surface area contributed by atoms with Crippen LogP contribution in [0.3, 0.4) is 0 Å². The Hall–Kier alpha value is -3.14. The van der Waals surface area contributed by atoms with Crippen LogP contribution in [0.5, 0.6) is 11.5 Å². The molecule has 0 unspecified atom stereocenters. The molecule has 1 amide bonds. The molecular formula is C20H19F2N3O4S. The minimum Gasteiger partial charge on any atom is -0.484 e. The molecule has 0 saturated heterocycles. The molecule has 0 atom stereocenters. The predicted molar refractivity (Wildman–Crippen MR) is 107 cm³/mol. The second-order valence-electron chi connectivity index (χ2n) is 5.99. The maximum atomic E-state index is 12.1. The zero-order valence-electron chi connectivity index (χ0n) is 16.0. The summed E-state index contributed by atoms with van der Waals surface area (Å²) in [5, 5.41) is 10.6. The number of carbonyl (C=O) groups excluding carboxylic acids is 1. The average molecular weight is 435 g/mol. The Labute approximate surface area is 175 Å². The lowest BCUT2D eigenvalue weighted by Crippen LogP contribution is -2.14. The highest BCUT2D eigenvalue weighted by molar-refractivity contribution is 7.99. The van der Waals surface area contributed by atoms with Gasteiger partial charge in [-0.25, -0.2) is 0 Å². The molecule has 0 aliphatic rings. The molecular weight excluding hydrogens is 416 g/mol. The van der Waals surface area contributed by atoms with Crippen LogP contribution in [0.25, 0.3) is 0 Å². The number of hydrogen-bond donors (Lipinski definition) is 1. The molecule has 158 valence electrons. The minimum atomic E-state index is -2.90. The van der Waals surface area contributed by atoms with Gasteiger partial charge < -0.3 is 19.2 Å². The van der Waals surface area contributed by atoms with Crippen LogP contribution in [0.1, 0.15) is 18.4 Å². The highest BCUT2D eigenvalue weighted by atomic mass is 32.2. The molecule has 1 N–H and O–H groups in total. The highest BCUT2D eigenvalue weighted by Gasteiger charge is 2.11. The number of alkyl halides is 2. The van der Waals surface area contributed by atoms with E-state index in [0.717, 1.165) is 18.2 Å². The van der Waals surface area contributed by atoms with E-state index in [1.165, 1.54) is 29.8 Å². The summed E-state index contributed by atoms with van der Waals surface area (Å²) in [6, 6.07) is 13.3. The molecule has 2 aromatic carbocycles. The van der Waals surface area contributed by atoms with Crippen LogP contribution < -0.4 is 14.8 Å². The van der Waals surface area contributed by atoms with Gasteiger partial charge in [0.25, 0.3) is 11.1 Å². The zero-order chi connectivity index (χ0) is 21.3. The standard InChI is InChI=1S/C20H19F2N3O4S/c1-2-13-3-7-15(8-4-13)27-11-18-24-25-20(29-18)30-12-17(26)23-14-5-9-16(10-6-14)28-19(21)22/h3-10,19H,2,11-12H2,1H3,(H,23,26). The third-order valence-corrected chi connectivity index (χ3v) is 4.65. The molecule has 1 aromatic heterocycles. The third kappa shape index (κ3) is 6.73. The highest BCUT2D eigenvalue weighted by Crippen LogP contribution is 2.20. The normalized spacial score (nSPS) is 10.8. The quantitative estimate of drug-likeness (QED) is 0.468. The second kappa shape index (κ2) is 10.6. The van der Waals surface area contributed by atoms with E-state index in [9.17, 15) is 13.6 Å². The van der Waals surface area contributed by atoms with E-state index >= 15 is 0 Å². The molecule has 0 radical (unpaired) electrons. The van der Waals surface area contributed by atoms with E-state index in [-0.39, 0.29) is 29.2 Å². The van der Waals surface area contributed by atoms with Crippen LogP contribution in [0.4, 0.5) is 14.5 Å². The lowest BCUT2D eigenvalue weighted by Gasteiger charge is -2.07. The van der Waals surface area contributed by atoms with Gasteiger partial charge in [0.2, 0.25) is 5.91 Å². The van der Waals surface area contributed by atoms with E-state index in [2.05, 4.69) is 27.2 Å². The number of nitrogens with one attached hydrogen (secondary N) is 1. The maximum Gasteiger partial charge on any atom is 0.387 e. The minimum absolute atomic E-state index is 0.0132. The maximum absolute atomic E-state index is 12.1. The number of amides is 1. The van der Waals surface area contributed by atoms with Gasteiger partial charge in [0.1, 0.15) is 11.5 Å². The molecule has 0 fully saturated rings. The van der Waals surface area contributed by atoms with Gasteiger partial charge >= 0.3 is 6.61 Å². The fourth-order valence-corrected chi connectivity index (χ4v) is 2.95. The number of halogens is 2. The van der Waals surface area contributed by atoms with Gasteiger partial charge in [-0.15, -0.1) is 10.2 Å². The van der Waals surface area contributed by atoms with Crippen LogP contribution in [-0.4, -0.2) is 28.5 Å². The van der Waals surface area contributed by atoms with Gasteiger partial charge in [0.05, 0.1) is 5.75 Å². The largest absolute Gasteiger partial charge is 0.484 e. The van der Waals surface area contributed by atoms with Crippen molar-refractivity contribution >= 4 is 23.4 Å². The monoisotopic (exact) mass is 435 g/mol. The first-order valence-corrected chi connectivity index (χ1v) is 10.0. The Morgan fingerprint density at radius 2 is 1.80 bits per heavy atom. The van der Waals surface area contributed by atoms with Gasteiger partial charge in [-0.2, -0.15) is 8.78 Å². The number of thioether (sulfide) groups is 1. The van der Waals surface area contributed by atoms with Gasteiger partial charge in [0.15, 0.2) is 6.61 Å². The fraction of sp³-hybridized carbons (Fsp3) is 0.250. The van der Waals surface area contributed by atoms with Gasteiger partial charge in [-0.3, -0.25) is 4.79 Å². The summed E-state index contributed by atoms with van der Waals surface area (Å²) in [5.41, 5.74) is 1.67. The first-order valence-electron chi connectivity index (χ1n) is 9.03. The zero-order valence-corrected chi connectivity index (χ0v) is 16.8. The van der Waals surface area contributed by atoms with E-state index in [1.54, 1.807) is 0 Å². The number of aromatic nitrogens is 2. The molecule has 3 aromatic rings. The summed E-state index contributed by atoms with van der Waals surface area (Å²) in [6.07, 6.45) is 0.955. The van der Waals surface area contributed by atoms with Gasteiger partial charge in [0, 0.05) is 5.69 Å². The number of rotatable bonds is 10. The van der Waals surface area contributed by atoms with Crippen molar-refractivity contribution in [2.75, 3.05) is 11.1 Å². The lowest BCUT2D eigenvalue weighted by molar-refractivity contribution is -0.113. The van der Waals surface area contributed by atoms with Gasteiger partial charge in [-0.1, -0.05) is 30.8 Å². The summed E-state index contributed by atoms with van der Waals surface area (Å²) in [4.78, 5) is 12.0. The van der Waals surface area contributed by atoms with Crippen molar-refractivity contribution in [2.24, 2.45) is 0 Å². The van der Waals surface area contributed by atoms with Crippen molar-refractivity contribution in [1.82, 2.24) is 10.2 Å². The average Bonchev–Trinajstić information content (AvgIpc) is 3.20. The molecule has 0 aliphatic heterocycles. The molecule has 3 rings (SSSR count). The van der Waals surface area contributed by atoms with Crippen molar-refractivity contribution < 1.29 is 27.5 Å². The van der Waals surface area contributed by atoms with Crippen LogP contribution in [0, 0.1) is 0 Å². The Bertz CT molecular complexity index is 949. The van der Waals surface area contributed by atoms with E-state index in [0.29, 0.717) is 17.3 Å². The summed E-state index contributed by atoms with van der Waals surface area (Å²) >= 11 is 1.08. The number of aryl methyl sites for hydroxylation is 1. The third-order valence-electron chi connectivity index (χ3n) is 3.83. The van der Waals surface area contributed by atoms with E-state index < -0.39 is 6.61 Å². The molecule has 0 bridgehead atoms. The first kappa shape index (κ1) is 21.6. The first-order chi connectivity index (χ1) is 14.5. The molecule has 1 heterocycles. The molecule has 0 saturated carbocycles. The molecule has 0 spiro atoms. The van der Waals surface area contributed by atoms with Crippen LogP contribution in [-0.2, 0) is 17.8 Å². The Morgan fingerprint density at radius 1 is 1.10 bits per heavy atom. The van der Waals surface area contributed by atoms with Crippen molar-refractivity contribution in [2.45, 2.75) is 31.8 Å². The Balaban J connectivity index is 1.42. The number of carbonyl (C=O) groups is 1. The molecule has 7 nitrogen and oxygen atoms in total.